The third-order valence-electron chi connectivity index (χ3n) is 2.30. The van der Waals surface area contributed by atoms with E-state index < -0.39 is 17.2 Å². The zero-order chi connectivity index (χ0) is 13.6. The Balaban J connectivity index is 2.08. The van der Waals surface area contributed by atoms with Crippen molar-refractivity contribution in [3.8, 4) is 10.4 Å². The lowest BCUT2D eigenvalue weighted by atomic mass is 10.2. The second-order valence-corrected chi connectivity index (χ2v) is 4.63. The predicted octanol–water partition coefficient (Wildman–Crippen LogP) is 1.60. The van der Waals surface area contributed by atoms with Crippen LogP contribution in [-0.2, 0) is 6.18 Å². The summed E-state index contributed by atoms with van der Waals surface area (Å²) in [5, 5.41) is -0.676. The van der Waals surface area contributed by atoms with Gasteiger partial charge >= 0.3 is 12.2 Å². The first kappa shape index (κ1) is 11.9. The number of carbonyl (C=O) groups excluding carboxylic acids is 1. The molecule has 0 bridgehead atoms. The third-order valence-corrected chi connectivity index (χ3v) is 3.39. The molecule has 0 radical (unpaired) electrons. The smallest absolute Gasteiger partial charge is 0.244 e. The van der Waals surface area contributed by atoms with E-state index >= 15 is 0 Å². The molecule has 3 rings (SSSR count). The van der Waals surface area contributed by atoms with Crippen molar-refractivity contribution >= 4 is 17.4 Å². The number of halogens is 3. The first-order valence-corrected chi connectivity index (χ1v) is 5.76. The highest BCUT2D eigenvalue weighted by atomic mass is 32.1. The molecule has 2 aromatic heterocycles. The molecule has 9 heteroatoms. The molecule has 0 saturated heterocycles. The number of amides is 2. The van der Waals surface area contributed by atoms with Crippen LogP contribution in [0.3, 0.4) is 0 Å². The summed E-state index contributed by atoms with van der Waals surface area (Å²) in [6.07, 6.45) is -2.02. The Morgan fingerprint density at radius 3 is 2.58 bits per heavy atom. The summed E-state index contributed by atoms with van der Waals surface area (Å²) in [4.78, 5) is 25.6. The number of aromatic nitrogens is 2. The maximum atomic E-state index is 12.4. The zero-order valence-electron chi connectivity index (χ0n) is 8.97. The molecule has 0 unspecified atom stereocenters. The molecule has 0 N–H and O–H groups in total. The summed E-state index contributed by atoms with van der Waals surface area (Å²) in [7, 11) is 0. The van der Waals surface area contributed by atoms with Crippen molar-refractivity contribution in [1.82, 2.24) is 9.97 Å². The van der Waals surface area contributed by atoms with E-state index in [2.05, 4.69) is 20.0 Å². The molecular formula is C10H3F3N4OS. The molecule has 1 aliphatic rings. The van der Waals surface area contributed by atoms with Gasteiger partial charge in [-0.2, -0.15) is 23.2 Å². The van der Waals surface area contributed by atoms with Gasteiger partial charge in [-0.1, -0.05) is 0 Å². The van der Waals surface area contributed by atoms with E-state index in [0.717, 1.165) is 6.20 Å². The first-order chi connectivity index (χ1) is 8.93. The van der Waals surface area contributed by atoms with Gasteiger partial charge in [0.05, 0.1) is 4.88 Å². The Labute approximate surface area is 107 Å². The topological polar surface area (TPSA) is 67.6 Å². The van der Waals surface area contributed by atoms with Crippen molar-refractivity contribution in [2.75, 3.05) is 0 Å². The molecule has 19 heavy (non-hydrogen) atoms. The van der Waals surface area contributed by atoms with Gasteiger partial charge in [0.1, 0.15) is 5.36 Å². The van der Waals surface area contributed by atoms with Crippen LogP contribution in [0.25, 0.3) is 10.4 Å². The highest BCUT2D eigenvalue weighted by molar-refractivity contribution is 7.15. The number of thiazole rings is 1. The quantitative estimate of drug-likeness (QED) is 0.798. The lowest BCUT2D eigenvalue weighted by Crippen LogP contribution is -2.24. The van der Waals surface area contributed by atoms with Gasteiger partial charge in [-0.05, 0) is 6.07 Å². The fraction of sp³-hybridized carbons (Fsp3) is 0.100. The molecule has 1 aliphatic heterocycles. The highest BCUT2D eigenvalue weighted by Gasteiger charge is 2.34. The Bertz CT molecular complexity index is 796. The van der Waals surface area contributed by atoms with Crippen molar-refractivity contribution in [3.63, 3.8) is 0 Å². The molecule has 96 valence electrons. The van der Waals surface area contributed by atoms with Crippen LogP contribution in [0.1, 0.15) is 5.01 Å². The normalized spacial score (nSPS) is 13.9. The van der Waals surface area contributed by atoms with Crippen LogP contribution in [0.15, 0.2) is 28.4 Å². The summed E-state index contributed by atoms with van der Waals surface area (Å²) in [5.74, 6) is 0. The average Bonchev–Trinajstić information content (AvgIpc) is 2.90. The SMILES string of the molecule is O=C1N=c2cc(-c3cnc(C(F)(F)F)s3)cnc2=N1. The molecule has 3 heterocycles. The van der Waals surface area contributed by atoms with Crippen LogP contribution >= 0.6 is 11.3 Å². The maximum Gasteiger partial charge on any atom is 0.443 e. The van der Waals surface area contributed by atoms with Crippen molar-refractivity contribution in [2.45, 2.75) is 6.18 Å². The number of pyridine rings is 1. The van der Waals surface area contributed by atoms with E-state index in [4.69, 9.17) is 0 Å². The second-order valence-electron chi connectivity index (χ2n) is 3.60. The van der Waals surface area contributed by atoms with Crippen LogP contribution in [-0.4, -0.2) is 16.0 Å². The van der Waals surface area contributed by atoms with Crippen LogP contribution < -0.4 is 10.8 Å². The summed E-state index contributed by atoms with van der Waals surface area (Å²) >= 11 is 0.506. The summed E-state index contributed by atoms with van der Waals surface area (Å²) in [6.45, 7) is 0. The van der Waals surface area contributed by atoms with Crippen LogP contribution in [0, 0.1) is 0 Å². The van der Waals surface area contributed by atoms with Crippen molar-refractivity contribution in [3.05, 3.63) is 34.3 Å². The first-order valence-electron chi connectivity index (χ1n) is 4.94. The van der Waals surface area contributed by atoms with Crippen LogP contribution in [0.2, 0.25) is 0 Å². The second kappa shape index (κ2) is 3.92. The monoisotopic (exact) mass is 284 g/mol. The minimum Gasteiger partial charge on any atom is -0.244 e. The molecule has 5 nitrogen and oxygen atoms in total. The van der Waals surface area contributed by atoms with Gasteiger partial charge in [-0.25, -0.2) is 14.8 Å². The molecule has 2 amide bonds. The zero-order valence-corrected chi connectivity index (χ0v) is 9.79. The van der Waals surface area contributed by atoms with Crippen LogP contribution in [0.4, 0.5) is 18.0 Å². The molecule has 0 fully saturated rings. The maximum absolute atomic E-state index is 12.4. The number of rotatable bonds is 1. The molecule has 2 aromatic rings. The van der Waals surface area contributed by atoms with Gasteiger partial charge in [-0.3, -0.25) is 0 Å². The molecule has 0 aromatic carbocycles. The van der Waals surface area contributed by atoms with Gasteiger partial charge < -0.3 is 0 Å². The Hall–Kier alpha value is -2.16. The van der Waals surface area contributed by atoms with E-state index in [9.17, 15) is 18.0 Å². The summed E-state index contributed by atoms with van der Waals surface area (Å²) in [5.41, 5.74) is 0.592. The fourth-order valence-electron chi connectivity index (χ4n) is 1.51. The van der Waals surface area contributed by atoms with Gasteiger partial charge in [0.25, 0.3) is 0 Å². The van der Waals surface area contributed by atoms with Crippen molar-refractivity contribution < 1.29 is 18.0 Å². The Kier molecular flexibility index (Phi) is 2.45. The van der Waals surface area contributed by atoms with Crippen molar-refractivity contribution in [1.29, 1.82) is 0 Å². The van der Waals surface area contributed by atoms with Gasteiger partial charge in [0.2, 0.25) is 0 Å². The van der Waals surface area contributed by atoms with E-state index in [1.54, 1.807) is 0 Å². The lowest BCUT2D eigenvalue weighted by molar-refractivity contribution is -0.137. The number of fused-ring (bicyclic) bond motifs is 1. The standard InChI is InChI=1S/C10H3F3N4OS/c11-10(12,13)8-15-3-6(19-8)4-1-5-7(14-2-4)17-9(18)16-5/h1-3H. The lowest BCUT2D eigenvalue weighted by Gasteiger charge is -1.99. The Morgan fingerprint density at radius 1 is 1.11 bits per heavy atom. The number of carbonyl (C=O) groups is 1. The minimum absolute atomic E-state index is 0.175. The van der Waals surface area contributed by atoms with Gasteiger partial charge in [0, 0.05) is 18.0 Å². The number of nitrogens with zero attached hydrogens (tertiary/aromatic N) is 4. The number of alkyl halides is 3. The average molecular weight is 284 g/mol. The van der Waals surface area contributed by atoms with E-state index in [1.807, 2.05) is 0 Å². The number of hydrogen-bond acceptors (Lipinski definition) is 4. The fourth-order valence-corrected chi connectivity index (χ4v) is 2.27. The summed E-state index contributed by atoms with van der Waals surface area (Å²) in [6, 6.07) is 0.796. The summed E-state index contributed by atoms with van der Waals surface area (Å²) < 4.78 is 37.3. The van der Waals surface area contributed by atoms with Gasteiger partial charge in [0.15, 0.2) is 10.5 Å². The number of hydrogen-bond donors (Lipinski definition) is 0. The molecule has 0 saturated carbocycles. The number of urea groups is 1. The largest absolute Gasteiger partial charge is 0.443 e. The van der Waals surface area contributed by atoms with E-state index in [1.165, 1.54) is 12.3 Å². The Morgan fingerprint density at radius 2 is 1.89 bits per heavy atom. The van der Waals surface area contributed by atoms with E-state index in [0.29, 0.717) is 21.8 Å². The van der Waals surface area contributed by atoms with E-state index in [-0.39, 0.29) is 10.8 Å². The molecule has 0 atom stereocenters. The van der Waals surface area contributed by atoms with Crippen LogP contribution in [0.5, 0.6) is 0 Å². The predicted molar refractivity (Wildman–Crippen MR) is 58.1 cm³/mol. The van der Waals surface area contributed by atoms with Gasteiger partial charge in [-0.15, -0.1) is 11.3 Å². The highest BCUT2D eigenvalue weighted by Crippen LogP contribution is 2.35. The molecule has 0 aliphatic carbocycles. The molecular weight excluding hydrogens is 281 g/mol. The minimum atomic E-state index is -4.47. The third kappa shape index (κ3) is 2.12. The molecule has 0 spiro atoms. The van der Waals surface area contributed by atoms with Crippen molar-refractivity contribution in [2.24, 2.45) is 9.98 Å².